The van der Waals surface area contributed by atoms with Crippen LogP contribution < -0.4 is 26.7 Å². The van der Waals surface area contributed by atoms with Crippen molar-refractivity contribution in [3.05, 3.63) is 77.4 Å². The lowest BCUT2D eigenvalue weighted by atomic mass is 10.2. The molecule has 0 radical (unpaired) electrons. The standard InChI is InChI=1S/C22H21N7O4/c1-29(22(27)31)21(30)16-8-9-17(32-14-6-2-4-12(10-14)18(23)24)28-20(16)33-15-7-3-5-13(11-15)19(25)26/h2-11H,1H3,(H3,23,24)(H3,25,26)(H2,27,31). The average molecular weight is 447 g/mol. The lowest BCUT2D eigenvalue weighted by Crippen LogP contribution is -2.37. The summed E-state index contributed by atoms with van der Waals surface area (Å²) in [6, 6.07) is 14.7. The molecule has 3 amide bonds. The molecule has 0 saturated heterocycles. The molecular formula is C22H21N7O4. The van der Waals surface area contributed by atoms with Gasteiger partial charge in [-0.15, -0.1) is 0 Å². The van der Waals surface area contributed by atoms with Gasteiger partial charge in [-0.1, -0.05) is 24.3 Å². The van der Waals surface area contributed by atoms with E-state index in [1.165, 1.54) is 25.2 Å². The number of nitrogens with zero attached hydrogens (tertiary/aromatic N) is 2. The fourth-order valence-electron chi connectivity index (χ4n) is 2.69. The van der Waals surface area contributed by atoms with Gasteiger partial charge in [-0.05, 0) is 30.3 Å². The molecule has 0 aliphatic heterocycles. The molecule has 0 bridgehead atoms. The quantitative estimate of drug-likeness (QED) is 0.271. The minimum atomic E-state index is -0.953. The monoisotopic (exact) mass is 447 g/mol. The number of benzene rings is 2. The second kappa shape index (κ2) is 9.47. The van der Waals surface area contributed by atoms with Crippen molar-refractivity contribution in [1.29, 1.82) is 10.8 Å². The summed E-state index contributed by atoms with van der Waals surface area (Å²) >= 11 is 0. The summed E-state index contributed by atoms with van der Waals surface area (Å²) in [6.45, 7) is 0. The molecule has 0 fully saturated rings. The van der Waals surface area contributed by atoms with E-state index >= 15 is 0 Å². The van der Waals surface area contributed by atoms with Gasteiger partial charge < -0.3 is 26.7 Å². The van der Waals surface area contributed by atoms with Crippen LogP contribution in [0.5, 0.6) is 23.3 Å². The van der Waals surface area contributed by atoms with Crippen molar-refractivity contribution in [2.45, 2.75) is 0 Å². The number of carbonyl (C=O) groups excluding carboxylic acids is 2. The first-order chi connectivity index (χ1) is 15.7. The number of nitrogens with two attached hydrogens (primary N) is 3. The first kappa shape index (κ1) is 22.7. The summed E-state index contributed by atoms with van der Waals surface area (Å²) in [4.78, 5) is 29.2. The number of ether oxygens (including phenoxy) is 2. The highest BCUT2D eigenvalue weighted by Gasteiger charge is 2.23. The number of imide groups is 1. The topological polar surface area (TPSA) is 194 Å². The van der Waals surface area contributed by atoms with Crippen LogP contribution >= 0.6 is 0 Å². The molecule has 0 spiro atoms. The van der Waals surface area contributed by atoms with Crippen molar-refractivity contribution in [2.24, 2.45) is 17.2 Å². The van der Waals surface area contributed by atoms with Gasteiger partial charge in [-0.2, -0.15) is 4.98 Å². The molecule has 11 heteroatoms. The Bertz CT molecular complexity index is 1260. The van der Waals surface area contributed by atoms with Crippen molar-refractivity contribution < 1.29 is 19.1 Å². The molecule has 8 N–H and O–H groups in total. The summed E-state index contributed by atoms with van der Waals surface area (Å²) in [5, 5.41) is 15.1. The second-order valence-corrected chi connectivity index (χ2v) is 6.79. The Morgan fingerprint density at radius 2 is 1.39 bits per heavy atom. The zero-order valence-electron chi connectivity index (χ0n) is 17.5. The van der Waals surface area contributed by atoms with E-state index in [0.29, 0.717) is 21.8 Å². The summed E-state index contributed by atoms with van der Waals surface area (Å²) in [6.07, 6.45) is 0. The van der Waals surface area contributed by atoms with E-state index in [0.717, 1.165) is 0 Å². The van der Waals surface area contributed by atoms with Gasteiger partial charge in [0.25, 0.3) is 5.91 Å². The van der Waals surface area contributed by atoms with E-state index in [-0.39, 0.29) is 34.7 Å². The van der Waals surface area contributed by atoms with Crippen molar-refractivity contribution in [3.63, 3.8) is 0 Å². The number of nitrogen functional groups attached to an aromatic ring is 2. The number of amides is 3. The van der Waals surface area contributed by atoms with E-state index < -0.39 is 11.9 Å². The smallest absolute Gasteiger partial charge is 0.321 e. The number of pyridine rings is 1. The summed E-state index contributed by atoms with van der Waals surface area (Å²) in [7, 11) is 1.22. The molecule has 33 heavy (non-hydrogen) atoms. The Hall–Kier alpha value is -4.93. The molecular weight excluding hydrogens is 426 g/mol. The number of carbonyl (C=O) groups is 2. The predicted octanol–water partition coefficient (Wildman–Crippen LogP) is 2.39. The first-order valence-electron chi connectivity index (χ1n) is 9.49. The van der Waals surface area contributed by atoms with Crippen LogP contribution in [0.4, 0.5) is 4.79 Å². The number of hydrogen-bond donors (Lipinski definition) is 5. The summed E-state index contributed by atoms with van der Waals surface area (Å²) in [5.41, 5.74) is 17.1. The Balaban J connectivity index is 2.01. The maximum atomic E-state index is 12.7. The maximum Gasteiger partial charge on any atom is 0.321 e. The largest absolute Gasteiger partial charge is 0.439 e. The van der Waals surface area contributed by atoms with E-state index in [9.17, 15) is 9.59 Å². The Labute approximate surface area is 188 Å². The van der Waals surface area contributed by atoms with Crippen LogP contribution in [0.25, 0.3) is 0 Å². The van der Waals surface area contributed by atoms with Crippen LogP contribution in [0.3, 0.4) is 0 Å². The van der Waals surface area contributed by atoms with Crippen LogP contribution in [-0.4, -0.2) is 40.5 Å². The van der Waals surface area contributed by atoms with Gasteiger partial charge in [-0.3, -0.25) is 20.5 Å². The van der Waals surface area contributed by atoms with E-state index in [4.69, 9.17) is 37.5 Å². The molecule has 168 valence electrons. The summed E-state index contributed by atoms with van der Waals surface area (Å²) < 4.78 is 11.5. The number of amidine groups is 2. The van der Waals surface area contributed by atoms with Gasteiger partial charge >= 0.3 is 6.03 Å². The van der Waals surface area contributed by atoms with E-state index in [1.807, 2.05) is 0 Å². The van der Waals surface area contributed by atoms with Crippen molar-refractivity contribution in [1.82, 2.24) is 9.88 Å². The highest BCUT2D eigenvalue weighted by Crippen LogP contribution is 2.29. The minimum Gasteiger partial charge on any atom is -0.439 e. The van der Waals surface area contributed by atoms with Gasteiger partial charge in [0.05, 0.1) is 0 Å². The lowest BCUT2D eigenvalue weighted by Gasteiger charge is -2.16. The highest BCUT2D eigenvalue weighted by molar-refractivity contribution is 6.05. The predicted molar refractivity (Wildman–Crippen MR) is 121 cm³/mol. The maximum absolute atomic E-state index is 12.7. The zero-order valence-corrected chi connectivity index (χ0v) is 17.5. The van der Waals surface area contributed by atoms with Crippen LogP contribution in [0.15, 0.2) is 60.7 Å². The molecule has 2 aromatic carbocycles. The first-order valence-corrected chi connectivity index (χ1v) is 9.49. The highest BCUT2D eigenvalue weighted by atomic mass is 16.5. The number of primary amides is 1. The van der Waals surface area contributed by atoms with Crippen LogP contribution in [-0.2, 0) is 0 Å². The van der Waals surface area contributed by atoms with Crippen LogP contribution in [0.1, 0.15) is 21.5 Å². The fraction of sp³-hybridized carbons (Fsp3) is 0.0455. The Morgan fingerprint density at radius 3 is 1.91 bits per heavy atom. The summed E-state index contributed by atoms with van der Waals surface area (Å²) in [5.74, 6) is -0.507. The molecule has 3 aromatic rings. The van der Waals surface area contributed by atoms with Gasteiger partial charge in [0.1, 0.15) is 28.7 Å². The van der Waals surface area contributed by atoms with Crippen molar-refractivity contribution >= 4 is 23.6 Å². The third-order valence-electron chi connectivity index (χ3n) is 4.43. The molecule has 0 saturated carbocycles. The zero-order chi connectivity index (χ0) is 24.1. The molecule has 1 aromatic heterocycles. The third kappa shape index (κ3) is 5.41. The Kier molecular flexibility index (Phi) is 6.53. The van der Waals surface area contributed by atoms with Gasteiger partial charge in [0.15, 0.2) is 0 Å². The Morgan fingerprint density at radius 1 is 0.848 bits per heavy atom. The van der Waals surface area contributed by atoms with Gasteiger partial charge in [0.2, 0.25) is 11.8 Å². The number of aromatic nitrogens is 1. The normalized spacial score (nSPS) is 10.2. The second-order valence-electron chi connectivity index (χ2n) is 6.79. The minimum absolute atomic E-state index is 0.0469. The van der Waals surface area contributed by atoms with E-state index in [2.05, 4.69) is 4.98 Å². The van der Waals surface area contributed by atoms with E-state index in [1.54, 1.807) is 42.5 Å². The average Bonchev–Trinajstić information content (AvgIpc) is 2.78. The molecule has 0 atom stereocenters. The van der Waals surface area contributed by atoms with Crippen LogP contribution in [0.2, 0.25) is 0 Å². The molecule has 0 aliphatic carbocycles. The number of nitrogens with one attached hydrogen (secondary N) is 2. The number of hydrogen-bond acceptors (Lipinski definition) is 7. The molecule has 1 heterocycles. The lowest BCUT2D eigenvalue weighted by molar-refractivity contribution is 0.0835. The SMILES string of the molecule is CN(C(N)=O)C(=O)c1ccc(Oc2cccc(C(=N)N)c2)nc1Oc1cccc(C(=N)N)c1. The van der Waals surface area contributed by atoms with Gasteiger partial charge in [0, 0.05) is 24.2 Å². The van der Waals surface area contributed by atoms with Gasteiger partial charge in [-0.25, -0.2) is 4.79 Å². The van der Waals surface area contributed by atoms with Crippen molar-refractivity contribution in [3.8, 4) is 23.3 Å². The fourth-order valence-corrected chi connectivity index (χ4v) is 2.69. The molecule has 0 aliphatic rings. The number of urea groups is 1. The molecule has 3 rings (SSSR count). The third-order valence-corrected chi connectivity index (χ3v) is 4.43. The van der Waals surface area contributed by atoms with Crippen LogP contribution in [0, 0.1) is 10.8 Å². The molecule has 0 unspecified atom stereocenters. The number of rotatable bonds is 7. The molecule has 11 nitrogen and oxygen atoms in total. The van der Waals surface area contributed by atoms with Crippen molar-refractivity contribution in [2.75, 3.05) is 7.05 Å².